The lowest BCUT2D eigenvalue weighted by molar-refractivity contribution is 0.0385. The number of thioether (sulfide) groups is 1. The second-order valence-electron chi connectivity index (χ2n) is 11.4. The Morgan fingerprint density at radius 3 is 2.41 bits per heavy atom. The zero-order valence-electron chi connectivity index (χ0n) is 24.3. The highest BCUT2D eigenvalue weighted by atomic mass is 32.2. The molecular formula is C32H31F3N4O3S2. The van der Waals surface area contributed by atoms with Crippen LogP contribution in [-0.2, 0) is 12.0 Å². The highest BCUT2D eigenvalue weighted by Crippen LogP contribution is 2.58. The van der Waals surface area contributed by atoms with Crippen molar-refractivity contribution < 1.29 is 27.4 Å². The van der Waals surface area contributed by atoms with Crippen molar-refractivity contribution in [3.63, 3.8) is 0 Å². The molecule has 3 aliphatic rings. The molecule has 2 heterocycles. The minimum absolute atomic E-state index is 0.00986. The number of benzene rings is 2. The van der Waals surface area contributed by atoms with Crippen LogP contribution < -0.4 is 14.8 Å². The van der Waals surface area contributed by atoms with E-state index in [9.17, 15) is 18.0 Å². The first-order valence-corrected chi connectivity index (χ1v) is 16.4. The van der Waals surface area contributed by atoms with Crippen LogP contribution in [0.4, 0.5) is 13.2 Å². The molecule has 0 radical (unpaired) electrons. The van der Waals surface area contributed by atoms with Crippen LogP contribution in [0.15, 0.2) is 53.1 Å². The maximum absolute atomic E-state index is 15.0. The Kier molecular flexibility index (Phi) is 8.56. The standard InChI is InChI=1S/C32H31F3N4O3S2/c1-41-20-5-3-19(4-6-20)16-42-27-22(33)15-21(25(34)26(27)35)28(40)37-18-31-8-11-32(12-9-31,13-10-31)29-38-24(17-44-29)23-7-14-36-30(39-23)43-2/h3-7,14-15,17H,8-13,16,18H2,1-2H3,(H,37,40)/t31-,32+. The molecule has 1 N–H and O–H groups in total. The number of aromatic nitrogens is 3. The number of methoxy groups -OCH3 is 1. The summed E-state index contributed by atoms with van der Waals surface area (Å²) in [5.41, 5.74) is 1.44. The number of hydrogen-bond donors (Lipinski definition) is 1. The molecule has 7 nitrogen and oxygen atoms in total. The maximum Gasteiger partial charge on any atom is 0.254 e. The van der Waals surface area contributed by atoms with Gasteiger partial charge in [-0.1, -0.05) is 23.9 Å². The van der Waals surface area contributed by atoms with Gasteiger partial charge in [-0.15, -0.1) is 11.3 Å². The molecule has 1 amide bonds. The molecule has 0 aliphatic heterocycles. The third-order valence-electron chi connectivity index (χ3n) is 8.97. The fourth-order valence-electron chi connectivity index (χ4n) is 6.18. The Morgan fingerprint density at radius 1 is 1.00 bits per heavy atom. The predicted octanol–water partition coefficient (Wildman–Crippen LogP) is 7.35. The molecule has 0 unspecified atom stereocenters. The van der Waals surface area contributed by atoms with Crippen LogP contribution >= 0.6 is 23.1 Å². The van der Waals surface area contributed by atoms with Gasteiger partial charge in [0.1, 0.15) is 18.1 Å². The molecule has 2 aromatic carbocycles. The molecule has 230 valence electrons. The van der Waals surface area contributed by atoms with Crippen molar-refractivity contribution in [2.45, 2.75) is 55.7 Å². The van der Waals surface area contributed by atoms with Gasteiger partial charge in [-0.2, -0.15) is 4.39 Å². The van der Waals surface area contributed by atoms with Gasteiger partial charge in [-0.05, 0) is 80.0 Å². The molecule has 2 aromatic heterocycles. The van der Waals surface area contributed by atoms with Crippen molar-refractivity contribution >= 4 is 29.0 Å². The zero-order valence-corrected chi connectivity index (χ0v) is 25.9. The number of fused-ring (bicyclic) bond motifs is 3. The Balaban J connectivity index is 1.08. The van der Waals surface area contributed by atoms with Gasteiger partial charge in [-0.25, -0.2) is 23.7 Å². The van der Waals surface area contributed by atoms with Gasteiger partial charge >= 0.3 is 0 Å². The van der Waals surface area contributed by atoms with Crippen molar-refractivity contribution in [3.8, 4) is 22.9 Å². The lowest BCUT2D eigenvalue weighted by atomic mass is 9.54. The highest BCUT2D eigenvalue weighted by Gasteiger charge is 2.50. The lowest BCUT2D eigenvalue weighted by Gasteiger charge is -2.52. The second-order valence-corrected chi connectivity index (χ2v) is 13.1. The van der Waals surface area contributed by atoms with Crippen molar-refractivity contribution in [1.82, 2.24) is 20.3 Å². The molecule has 2 bridgehead atoms. The Labute approximate surface area is 261 Å². The molecule has 7 rings (SSSR count). The van der Waals surface area contributed by atoms with Crippen LogP contribution in [0, 0.1) is 22.9 Å². The van der Waals surface area contributed by atoms with Gasteiger partial charge in [0.2, 0.25) is 5.82 Å². The molecule has 0 atom stereocenters. The molecule has 12 heteroatoms. The van der Waals surface area contributed by atoms with E-state index in [-0.39, 0.29) is 17.4 Å². The fraction of sp³-hybridized carbons (Fsp3) is 0.375. The van der Waals surface area contributed by atoms with Crippen LogP contribution in [0.1, 0.15) is 59.5 Å². The van der Waals surface area contributed by atoms with Gasteiger partial charge in [0, 0.05) is 23.5 Å². The number of nitrogens with zero attached hydrogens (tertiary/aromatic N) is 3. The number of halogens is 3. The van der Waals surface area contributed by atoms with Gasteiger partial charge in [0.25, 0.3) is 5.91 Å². The minimum atomic E-state index is -1.53. The summed E-state index contributed by atoms with van der Waals surface area (Å²) < 4.78 is 55.0. The summed E-state index contributed by atoms with van der Waals surface area (Å²) in [6, 6.07) is 9.26. The van der Waals surface area contributed by atoms with E-state index in [1.807, 2.05) is 12.3 Å². The molecule has 0 saturated heterocycles. The first-order valence-electron chi connectivity index (χ1n) is 14.3. The van der Waals surface area contributed by atoms with Crippen molar-refractivity contribution in [3.05, 3.63) is 81.6 Å². The van der Waals surface area contributed by atoms with Gasteiger partial charge in [-0.3, -0.25) is 4.79 Å². The molecule has 3 fully saturated rings. The van der Waals surface area contributed by atoms with E-state index < -0.39 is 34.7 Å². The first kappa shape index (κ1) is 30.4. The Bertz CT molecular complexity index is 1660. The summed E-state index contributed by atoms with van der Waals surface area (Å²) in [5, 5.41) is 6.63. The van der Waals surface area contributed by atoms with E-state index in [0.29, 0.717) is 29.1 Å². The fourth-order valence-corrected chi connectivity index (χ4v) is 7.64. The summed E-state index contributed by atoms with van der Waals surface area (Å²) in [6.45, 7) is 0.122. The van der Waals surface area contributed by atoms with Crippen LogP contribution in [0.2, 0.25) is 0 Å². The van der Waals surface area contributed by atoms with E-state index in [1.54, 1.807) is 41.8 Å². The quantitative estimate of drug-likeness (QED) is 0.110. The molecular weight excluding hydrogens is 610 g/mol. The minimum Gasteiger partial charge on any atom is -0.497 e. The number of ether oxygens (including phenoxy) is 2. The number of hydrogen-bond acceptors (Lipinski definition) is 8. The second kappa shape index (κ2) is 12.4. The van der Waals surface area contributed by atoms with Crippen molar-refractivity contribution in [1.29, 1.82) is 0 Å². The summed E-state index contributed by atoms with van der Waals surface area (Å²) in [7, 11) is 1.52. The summed E-state index contributed by atoms with van der Waals surface area (Å²) >= 11 is 3.15. The third kappa shape index (κ3) is 5.89. The molecule has 3 aliphatic carbocycles. The summed E-state index contributed by atoms with van der Waals surface area (Å²) in [6.07, 6.45) is 9.07. The number of thiazole rings is 1. The Hall–Kier alpha value is -3.64. The van der Waals surface area contributed by atoms with Gasteiger partial charge in [0.15, 0.2) is 22.5 Å². The van der Waals surface area contributed by atoms with Crippen LogP contribution in [0.25, 0.3) is 11.4 Å². The SMILES string of the molecule is COc1ccc(COc2c(F)cc(C(=O)NC[C@]34CC[C@](c5nc(-c6ccnc(SC)n6)cs5)(CC3)CC4)c(F)c2F)cc1. The normalized spacial score (nSPS) is 20.8. The molecule has 3 saturated carbocycles. The van der Waals surface area contributed by atoms with E-state index in [1.165, 1.54) is 18.9 Å². The van der Waals surface area contributed by atoms with Gasteiger partial charge < -0.3 is 14.8 Å². The van der Waals surface area contributed by atoms with E-state index >= 15 is 0 Å². The third-order valence-corrected chi connectivity index (χ3v) is 10.6. The van der Waals surface area contributed by atoms with Crippen LogP contribution in [0.3, 0.4) is 0 Å². The summed E-state index contributed by atoms with van der Waals surface area (Å²) in [4.78, 5) is 26.7. The first-order chi connectivity index (χ1) is 21.2. The smallest absolute Gasteiger partial charge is 0.254 e. The largest absolute Gasteiger partial charge is 0.497 e. The molecule has 4 aromatic rings. The van der Waals surface area contributed by atoms with E-state index in [2.05, 4.69) is 20.7 Å². The zero-order chi connectivity index (χ0) is 30.9. The molecule has 44 heavy (non-hydrogen) atoms. The molecule has 0 spiro atoms. The number of nitrogens with one attached hydrogen (secondary N) is 1. The lowest BCUT2D eigenvalue weighted by Crippen LogP contribution is -2.49. The number of carbonyl (C=O) groups is 1. The Morgan fingerprint density at radius 2 is 1.73 bits per heavy atom. The van der Waals surface area contributed by atoms with Crippen molar-refractivity contribution in [2.24, 2.45) is 5.41 Å². The van der Waals surface area contributed by atoms with Crippen molar-refractivity contribution in [2.75, 3.05) is 19.9 Å². The van der Waals surface area contributed by atoms with Crippen LogP contribution in [-0.4, -0.2) is 40.8 Å². The number of amides is 1. The topological polar surface area (TPSA) is 86.2 Å². The number of rotatable bonds is 10. The summed E-state index contributed by atoms with van der Waals surface area (Å²) in [5.74, 6) is -5.21. The van der Waals surface area contributed by atoms with Crippen LogP contribution in [0.5, 0.6) is 11.5 Å². The number of carbonyl (C=O) groups excluding carboxylic acids is 1. The average molecular weight is 641 g/mol. The predicted molar refractivity (Wildman–Crippen MR) is 163 cm³/mol. The van der Waals surface area contributed by atoms with E-state index in [0.717, 1.165) is 54.9 Å². The average Bonchev–Trinajstić information content (AvgIpc) is 3.58. The van der Waals surface area contributed by atoms with E-state index in [4.69, 9.17) is 14.5 Å². The maximum atomic E-state index is 15.0. The monoisotopic (exact) mass is 640 g/mol. The van der Waals surface area contributed by atoms with Gasteiger partial charge in [0.05, 0.1) is 23.4 Å². The highest BCUT2D eigenvalue weighted by molar-refractivity contribution is 7.98.